The molecule has 8 nitrogen and oxygen atoms in total. The van der Waals surface area contributed by atoms with Gasteiger partial charge < -0.3 is 28.7 Å². The SMILES string of the molecule is COc1ccc(OC(C)C(=O)N(CCN(C(=O)C(C)Oc2ccc(OC)cc2)c2ccccc2)c2ccccc2)cc1. The number of nitrogens with zero attached hydrogens (tertiary/aromatic N) is 2. The van der Waals surface area contributed by atoms with E-state index in [1.165, 1.54) is 0 Å². The van der Waals surface area contributed by atoms with Gasteiger partial charge in [0, 0.05) is 24.5 Å². The molecule has 0 saturated heterocycles. The third-order valence-corrected chi connectivity index (χ3v) is 6.66. The summed E-state index contributed by atoms with van der Waals surface area (Å²) in [6.45, 7) is 3.89. The highest BCUT2D eigenvalue weighted by Crippen LogP contribution is 2.23. The van der Waals surface area contributed by atoms with Crippen LogP contribution >= 0.6 is 0 Å². The molecule has 0 heterocycles. The molecular weight excluding hydrogens is 532 g/mol. The Balaban J connectivity index is 1.53. The smallest absolute Gasteiger partial charge is 0.267 e. The zero-order valence-electron chi connectivity index (χ0n) is 24.3. The number of hydrogen-bond donors (Lipinski definition) is 0. The average molecular weight is 569 g/mol. The molecule has 218 valence electrons. The van der Waals surface area contributed by atoms with Gasteiger partial charge in [0.05, 0.1) is 14.2 Å². The molecule has 4 rings (SSSR count). The minimum Gasteiger partial charge on any atom is -0.497 e. The van der Waals surface area contributed by atoms with Crippen molar-refractivity contribution in [3.8, 4) is 23.0 Å². The number of methoxy groups -OCH3 is 2. The molecule has 4 aromatic rings. The number of rotatable bonds is 13. The van der Waals surface area contributed by atoms with E-state index in [9.17, 15) is 9.59 Å². The summed E-state index contributed by atoms with van der Waals surface area (Å²) in [6.07, 6.45) is -1.56. The van der Waals surface area contributed by atoms with Crippen LogP contribution in [0.1, 0.15) is 13.8 Å². The van der Waals surface area contributed by atoms with Gasteiger partial charge in [0.15, 0.2) is 12.2 Å². The molecular formula is C34H36N2O6. The summed E-state index contributed by atoms with van der Waals surface area (Å²) in [6, 6.07) is 32.9. The number of carbonyl (C=O) groups excluding carboxylic acids is 2. The van der Waals surface area contributed by atoms with E-state index in [0.29, 0.717) is 34.4 Å². The van der Waals surface area contributed by atoms with Crippen LogP contribution in [-0.4, -0.2) is 51.3 Å². The topological polar surface area (TPSA) is 77.5 Å². The first-order valence-electron chi connectivity index (χ1n) is 13.7. The van der Waals surface area contributed by atoms with E-state index in [4.69, 9.17) is 18.9 Å². The lowest BCUT2D eigenvalue weighted by Crippen LogP contribution is -2.48. The lowest BCUT2D eigenvalue weighted by atomic mass is 10.2. The zero-order valence-corrected chi connectivity index (χ0v) is 24.3. The second-order valence-electron chi connectivity index (χ2n) is 9.52. The molecule has 0 radical (unpaired) electrons. The quantitative estimate of drug-likeness (QED) is 0.197. The van der Waals surface area contributed by atoms with Gasteiger partial charge in [0.25, 0.3) is 11.8 Å². The lowest BCUT2D eigenvalue weighted by molar-refractivity contribution is -0.126. The molecule has 0 spiro atoms. The van der Waals surface area contributed by atoms with Gasteiger partial charge in [-0.2, -0.15) is 0 Å². The van der Waals surface area contributed by atoms with Gasteiger partial charge in [-0.1, -0.05) is 36.4 Å². The maximum absolute atomic E-state index is 13.8. The van der Waals surface area contributed by atoms with Crippen LogP contribution in [0.5, 0.6) is 23.0 Å². The van der Waals surface area contributed by atoms with Crippen LogP contribution in [0.15, 0.2) is 109 Å². The number of benzene rings is 4. The predicted molar refractivity (Wildman–Crippen MR) is 164 cm³/mol. The highest BCUT2D eigenvalue weighted by Gasteiger charge is 2.28. The van der Waals surface area contributed by atoms with Crippen molar-refractivity contribution >= 4 is 23.2 Å². The van der Waals surface area contributed by atoms with E-state index in [2.05, 4.69) is 0 Å². The van der Waals surface area contributed by atoms with Crippen molar-refractivity contribution in [1.82, 2.24) is 0 Å². The van der Waals surface area contributed by atoms with Crippen molar-refractivity contribution in [2.45, 2.75) is 26.1 Å². The molecule has 0 aromatic heterocycles. The number of hydrogen-bond acceptors (Lipinski definition) is 6. The van der Waals surface area contributed by atoms with Crippen LogP contribution < -0.4 is 28.7 Å². The number of anilines is 2. The van der Waals surface area contributed by atoms with Crippen LogP contribution in [0.2, 0.25) is 0 Å². The Hall–Kier alpha value is -4.98. The van der Waals surface area contributed by atoms with E-state index in [1.807, 2.05) is 60.7 Å². The minimum atomic E-state index is -0.781. The number of para-hydroxylation sites is 2. The number of carbonyl (C=O) groups is 2. The fraction of sp³-hybridized carbons (Fsp3) is 0.235. The number of amides is 2. The molecule has 0 saturated carbocycles. The summed E-state index contributed by atoms with van der Waals surface area (Å²) in [7, 11) is 3.18. The van der Waals surface area contributed by atoms with E-state index >= 15 is 0 Å². The van der Waals surface area contributed by atoms with E-state index < -0.39 is 12.2 Å². The van der Waals surface area contributed by atoms with Crippen molar-refractivity contribution in [1.29, 1.82) is 0 Å². The second-order valence-corrected chi connectivity index (χ2v) is 9.52. The minimum absolute atomic E-state index is 0.231. The molecule has 0 aliphatic carbocycles. The average Bonchev–Trinajstić information content (AvgIpc) is 3.04. The van der Waals surface area contributed by atoms with Gasteiger partial charge in [-0.15, -0.1) is 0 Å². The van der Waals surface area contributed by atoms with Gasteiger partial charge in [-0.25, -0.2) is 0 Å². The van der Waals surface area contributed by atoms with Crippen LogP contribution in [0.25, 0.3) is 0 Å². The van der Waals surface area contributed by atoms with Gasteiger partial charge in [0.2, 0.25) is 0 Å². The van der Waals surface area contributed by atoms with Crippen molar-refractivity contribution < 1.29 is 28.5 Å². The third-order valence-electron chi connectivity index (χ3n) is 6.66. The molecule has 0 aliphatic rings. The molecule has 0 aliphatic heterocycles. The van der Waals surface area contributed by atoms with Crippen molar-refractivity contribution in [2.24, 2.45) is 0 Å². The molecule has 4 aromatic carbocycles. The van der Waals surface area contributed by atoms with Gasteiger partial charge in [-0.05, 0) is 86.6 Å². The Bertz CT molecular complexity index is 1300. The standard InChI is InChI=1S/C34H36N2O6/c1-25(41-31-19-15-29(39-3)16-20-31)33(37)35(27-11-7-5-8-12-27)23-24-36(28-13-9-6-10-14-28)34(38)26(2)42-32-21-17-30(40-4)18-22-32/h5-22,25-26H,23-24H2,1-4H3. The van der Waals surface area contributed by atoms with Crippen LogP contribution in [0, 0.1) is 0 Å². The Morgan fingerprint density at radius 2 is 0.833 bits per heavy atom. The maximum atomic E-state index is 13.8. The summed E-state index contributed by atoms with van der Waals surface area (Å²) in [4.78, 5) is 30.8. The summed E-state index contributed by atoms with van der Waals surface area (Å²) in [5.74, 6) is 2.02. The highest BCUT2D eigenvalue weighted by atomic mass is 16.5. The lowest BCUT2D eigenvalue weighted by Gasteiger charge is -2.31. The van der Waals surface area contributed by atoms with Gasteiger partial charge >= 0.3 is 0 Å². The van der Waals surface area contributed by atoms with E-state index in [-0.39, 0.29) is 24.9 Å². The fourth-order valence-corrected chi connectivity index (χ4v) is 4.41. The fourth-order valence-electron chi connectivity index (χ4n) is 4.41. The summed E-state index contributed by atoms with van der Waals surface area (Å²) in [5.41, 5.74) is 1.41. The van der Waals surface area contributed by atoms with Gasteiger partial charge in [-0.3, -0.25) is 9.59 Å². The summed E-state index contributed by atoms with van der Waals surface area (Å²) < 4.78 is 22.4. The highest BCUT2D eigenvalue weighted by molar-refractivity contribution is 5.98. The Labute approximate surface area is 247 Å². The molecule has 0 N–H and O–H groups in total. The zero-order chi connectivity index (χ0) is 29.9. The number of ether oxygens (including phenoxy) is 4. The predicted octanol–water partition coefficient (Wildman–Crippen LogP) is 6.01. The van der Waals surface area contributed by atoms with Crippen molar-refractivity contribution in [3.05, 3.63) is 109 Å². The maximum Gasteiger partial charge on any atom is 0.267 e. The largest absolute Gasteiger partial charge is 0.497 e. The Morgan fingerprint density at radius 1 is 0.524 bits per heavy atom. The Kier molecular flexibility index (Phi) is 10.4. The monoisotopic (exact) mass is 568 g/mol. The Morgan fingerprint density at radius 3 is 1.14 bits per heavy atom. The molecule has 8 heteroatoms. The van der Waals surface area contributed by atoms with E-state index in [0.717, 1.165) is 0 Å². The van der Waals surface area contributed by atoms with Crippen LogP contribution in [0.3, 0.4) is 0 Å². The van der Waals surface area contributed by atoms with Crippen LogP contribution in [-0.2, 0) is 9.59 Å². The third kappa shape index (κ3) is 7.81. The molecule has 0 bridgehead atoms. The first-order chi connectivity index (χ1) is 20.4. The van der Waals surface area contributed by atoms with Crippen LogP contribution in [0.4, 0.5) is 11.4 Å². The molecule has 42 heavy (non-hydrogen) atoms. The first-order valence-corrected chi connectivity index (χ1v) is 13.7. The molecule has 2 unspecified atom stereocenters. The normalized spacial score (nSPS) is 12.0. The summed E-state index contributed by atoms with van der Waals surface area (Å²) >= 11 is 0. The molecule has 2 amide bonds. The second kappa shape index (κ2) is 14.6. The van der Waals surface area contributed by atoms with Crippen molar-refractivity contribution in [2.75, 3.05) is 37.1 Å². The van der Waals surface area contributed by atoms with Gasteiger partial charge in [0.1, 0.15) is 23.0 Å². The van der Waals surface area contributed by atoms with E-state index in [1.54, 1.807) is 86.4 Å². The molecule has 2 atom stereocenters. The first kappa shape index (κ1) is 30.0. The molecule has 0 fully saturated rings. The van der Waals surface area contributed by atoms with Crippen molar-refractivity contribution in [3.63, 3.8) is 0 Å². The summed E-state index contributed by atoms with van der Waals surface area (Å²) in [5, 5.41) is 0.